The van der Waals surface area contributed by atoms with Gasteiger partial charge in [-0.2, -0.15) is 5.26 Å². The maximum Gasteiger partial charge on any atom is 0.155 e. The summed E-state index contributed by atoms with van der Waals surface area (Å²) in [6, 6.07) is 2.56. The van der Waals surface area contributed by atoms with Gasteiger partial charge in [0.25, 0.3) is 0 Å². The van der Waals surface area contributed by atoms with Gasteiger partial charge in [0.05, 0.1) is 12.0 Å². The minimum absolute atomic E-state index is 0.0592. The number of rotatable bonds is 1. The lowest BCUT2D eigenvalue weighted by molar-refractivity contribution is -0.115. The molecule has 4 rings (SSSR count). The molecule has 3 nitrogen and oxygen atoms in total. The highest BCUT2D eigenvalue weighted by Gasteiger charge is 2.57. The van der Waals surface area contributed by atoms with Gasteiger partial charge in [-0.1, -0.05) is 31.1 Å². The van der Waals surface area contributed by atoms with E-state index in [1.54, 1.807) is 0 Å². The normalized spacial score (nSPS) is 47.0. The quantitative estimate of drug-likeness (QED) is 0.746. The number of carbonyl (C=O) groups is 1. The standard InChI is InChI=1S/C21H27NO2/c1-20-8-6-18-16(17(20)4-3-14(20)11-22)9-13(12-23)19-10-15(24)5-7-21(18,19)2/h6,10,13-14,16-17,23H,3-5,7-9,12H2,1-2H3/t13-,14-,16+,17+,20-,21-/m1/s1. The summed E-state index contributed by atoms with van der Waals surface area (Å²) < 4.78 is 0. The average Bonchev–Trinajstić information content (AvgIpc) is 2.91. The maximum absolute atomic E-state index is 12.0. The van der Waals surface area contributed by atoms with Crippen molar-refractivity contribution in [3.63, 3.8) is 0 Å². The summed E-state index contributed by atoms with van der Waals surface area (Å²) in [6.07, 6.45) is 9.81. The molecule has 0 aromatic heterocycles. The van der Waals surface area contributed by atoms with E-state index in [0.717, 1.165) is 32.1 Å². The first kappa shape index (κ1) is 16.1. The van der Waals surface area contributed by atoms with Gasteiger partial charge in [0.15, 0.2) is 5.78 Å². The predicted molar refractivity (Wildman–Crippen MR) is 91.7 cm³/mol. The van der Waals surface area contributed by atoms with Crippen LogP contribution in [0.4, 0.5) is 0 Å². The highest BCUT2D eigenvalue weighted by atomic mass is 16.3. The number of ketones is 1. The van der Waals surface area contributed by atoms with Crippen molar-refractivity contribution in [2.75, 3.05) is 6.61 Å². The van der Waals surface area contributed by atoms with Gasteiger partial charge in [0.1, 0.15) is 0 Å². The Kier molecular flexibility index (Phi) is 3.55. The lowest BCUT2D eigenvalue weighted by Crippen LogP contribution is -2.47. The van der Waals surface area contributed by atoms with Crippen LogP contribution in [0.25, 0.3) is 0 Å². The first-order chi connectivity index (χ1) is 11.4. The summed E-state index contributed by atoms with van der Waals surface area (Å²) in [5, 5.41) is 19.6. The average molecular weight is 325 g/mol. The molecule has 128 valence electrons. The van der Waals surface area contributed by atoms with Gasteiger partial charge >= 0.3 is 0 Å². The van der Waals surface area contributed by atoms with E-state index in [1.165, 1.54) is 11.1 Å². The fourth-order valence-corrected chi connectivity index (χ4v) is 6.46. The summed E-state index contributed by atoms with van der Waals surface area (Å²) in [5.41, 5.74) is 2.70. The molecule has 2 saturated carbocycles. The zero-order valence-electron chi connectivity index (χ0n) is 14.7. The fraction of sp³-hybridized carbons (Fsp3) is 0.714. The molecule has 0 spiro atoms. The molecule has 24 heavy (non-hydrogen) atoms. The number of fused-ring (bicyclic) bond motifs is 5. The zero-order chi connectivity index (χ0) is 17.1. The molecule has 0 heterocycles. The van der Waals surface area contributed by atoms with Crippen molar-refractivity contribution >= 4 is 5.78 Å². The SMILES string of the molecule is C[C@]12CCC(=O)C=C1[C@@H](CO)C[C@@H]1C2=CC[C@]2(C)[C@@H](C#N)CC[C@@H]12. The van der Waals surface area contributed by atoms with Gasteiger partial charge < -0.3 is 5.11 Å². The molecule has 0 amide bonds. The van der Waals surface area contributed by atoms with Gasteiger partial charge in [-0.25, -0.2) is 0 Å². The molecule has 0 aromatic rings. The molecule has 0 aromatic carbocycles. The van der Waals surface area contributed by atoms with Crippen LogP contribution in [0.15, 0.2) is 23.3 Å². The predicted octanol–water partition coefficient (Wildman–Crippen LogP) is 3.80. The van der Waals surface area contributed by atoms with E-state index in [-0.39, 0.29) is 35.1 Å². The Balaban J connectivity index is 1.80. The third-order valence-electron chi connectivity index (χ3n) is 7.87. The summed E-state index contributed by atoms with van der Waals surface area (Å²) in [5.74, 6) is 1.49. The second-order valence-corrected chi connectivity index (χ2v) is 8.85. The minimum Gasteiger partial charge on any atom is -0.396 e. The van der Waals surface area contributed by atoms with E-state index < -0.39 is 0 Å². The molecular formula is C21H27NO2. The molecule has 4 aliphatic carbocycles. The van der Waals surface area contributed by atoms with Gasteiger partial charge in [-0.15, -0.1) is 0 Å². The molecule has 0 aliphatic heterocycles. The zero-order valence-corrected chi connectivity index (χ0v) is 14.7. The van der Waals surface area contributed by atoms with Crippen molar-refractivity contribution in [3.8, 4) is 6.07 Å². The number of nitrogens with zero attached hydrogens (tertiary/aromatic N) is 1. The van der Waals surface area contributed by atoms with Crippen molar-refractivity contribution < 1.29 is 9.90 Å². The molecule has 3 heteroatoms. The van der Waals surface area contributed by atoms with Crippen LogP contribution in [0.1, 0.15) is 52.4 Å². The summed E-state index contributed by atoms with van der Waals surface area (Å²) in [6.45, 7) is 4.72. The van der Waals surface area contributed by atoms with E-state index >= 15 is 0 Å². The van der Waals surface area contributed by atoms with E-state index in [1.807, 2.05) is 6.08 Å². The van der Waals surface area contributed by atoms with E-state index in [4.69, 9.17) is 0 Å². The topological polar surface area (TPSA) is 61.1 Å². The molecule has 0 unspecified atom stereocenters. The van der Waals surface area contributed by atoms with Crippen molar-refractivity contribution in [1.82, 2.24) is 0 Å². The Morgan fingerprint density at radius 1 is 1.33 bits per heavy atom. The highest BCUT2D eigenvalue weighted by molar-refractivity contribution is 5.92. The lowest BCUT2D eigenvalue weighted by Gasteiger charge is -2.55. The Hall–Kier alpha value is -1.40. The summed E-state index contributed by atoms with van der Waals surface area (Å²) in [7, 11) is 0. The Labute approximate surface area is 144 Å². The van der Waals surface area contributed by atoms with E-state index in [2.05, 4.69) is 26.0 Å². The largest absolute Gasteiger partial charge is 0.396 e. The first-order valence-electron chi connectivity index (χ1n) is 9.40. The van der Waals surface area contributed by atoms with Crippen LogP contribution in [0.5, 0.6) is 0 Å². The van der Waals surface area contributed by atoms with Gasteiger partial charge in [0, 0.05) is 24.4 Å². The number of carbonyl (C=O) groups excluding carboxylic acids is 1. The smallest absolute Gasteiger partial charge is 0.155 e. The molecule has 1 N–H and O–H groups in total. The Morgan fingerprint density at radius 3 is 2.83 bits per heavy atom. The molecule has 0 saturated heterocycles. The molecular weight excluding hydrogens is 298 g/mol. The highest BCUT2D eigenvalue weighted by Crippen LogP contribution is 2.65. The molecule has 6 atom stereocenters. The van der Waals surface area contributed by atoms with Crippen LogP contribution in [0, 0.1) is 45.8 Å². The van der Waals surface area contributed by atoms with Crippen molar-refractivity contribution in [2.45, 2.75) is 52.4 Å². The minimum atomic E-state index is -0.0592. The summed E-state index contributed by atoms with van der Waals surface area (Å²) >= 11 is 0. The fourth-order valence-electron chi connectivity index (χ4n) is 6.46. The van der Waals surface area contributed by atoms with Gasteiger partial charge in [0.2, 0.25) is 0 Å². The summed E-state index contributed by atoms with van der Waals surface area (Å²) in [4.78, 5) is 12.0. The third kappa shape index (κ3) is 1.96. The van der Waals surface area contributed by atoms with Crippen LogP contribution in [-0.4, -0.2) is 17.5 Å². The third-order valence-corrected chi connectivity index (χ3v) is 7.87. The van der Waals surface area contributed by atoms with Crippen LogP contribution >= 0.6 is 0 Å². The molecule has 4 aliphatic rings. The second-order valence-electron chi connectivity index (χ2n) is 8.85. The molecule has 0 radical (unpaired) electrons. The molecule has 2 fully saturated rings. The van der Waals surface area contributed by atoms with Crippen molar-refractivity contribution in [2.24, 2.45) is 34.5 Å². The van der Waals surface area contributed by atoms with Crippen LogP contribution in [0.2, 0.25) is 0 Å². The van der Waals surface area contributed by atoms with Crippen LogP contribution in [-0.2, 0) is 4.79 Å². The number of hydrogen-bond acceptors (Lipinski definition) is 3. The number of aliphatic hydroxyl groups excluding tert-OH is 1. The van der Waals surface area contributed by atoms with E-state index in [9.17, 15) is 15.2 Å². The Morgan fingerprint density at radius 2 is 2.12 bits per heavy atom. The maximum atomic E-state index is 12.0. The Bertz CT molecular complexity index is 684. The monoisotopic (exact) mass is 325 g/mol. The first-order valence-corrected chi connectivity index (χ1v) is 9.40. The number of hydrogen-bond donors (Lipinski definition) is 1. The lowest BCUT2D eigenvalue weighted by atomic mass is 9.49. The van der Waals surface area contributed by atoms with Crippen LogP contribution < -0.4 is 0 Å². The van der Waals surface area contributed by atoms with Gasteiger partial charge in [-0.3, -0.25) is 4.79 Å². The number of nitriles is 1. The van der Waals surface area contributed by atoms with Crippen molar-refractivity contribution in [3.05, 3.63) is 23.3 Å². The van der Waals surface area contributed by atoms with E-state index in [0.29, 0.717) is 18.3 Å². The van der Waals surface area contributed by atoms with Gasteiger partial charge in [-0.05, 0) is 55.4 Å². The van der Waals surface area contributed by atoms with Crippen molar-refractivity contribution in [1.29, 1.82) is 5.26 Å². The number of allylic oxidation sites excluding steroid dienone is 3. The van der Waals surface area contributed by atoms with Crippen LogP contribution in [0.3, 0.4) is 0 Å². The second kappa shape index (κ2) is 5.30. The number of aliphatic hydroxyl groups is 1. The molecule has 0 bridgehead atoms.